The Hall–Kier alpha value is -3.79. The van der Waals surface area contributed by atoms with Gasteiger partial charge in [-0.3, -0.25) is 24.1 Å². The highest BCUT2D eigenvalue weighted by molar-refractivity contribution is 7.20. The average Bonchev–Trinajstić information content (AvgIpc) is 3.14. The van der Waals surface area contributed by atoms with Crippen molar-refractivity contribution in [3.63, 3.8) is 0 Å². The molecule has 1 N–H and O–H groups in total. The van der Waals surface area contributed by atoms with Crippen molar-refractivity contribution in [2.75, 3.05) is 12.4 Å². The minimum Gasteiger partial charge on any atom is -0.496 e. The van der Waals surface area contributed by atoms with Crippen LogP contribution in [0.25, 0.3) is 15.9 Å². The summed E-state index contributed by atoms with van der Waals surface area (Å²) in [6.07, 6.45) is 1.62. The molecule has 0 atom stereocenters. The molecule has 29 heavy (non-hydrogen) atoms. The van der Waals surface area contributed by atoms with Crippen LogP contribution in [0.15, 0.2) is 47.4 Å². The number of aromatic nitrogens is 2. The van der Waals surface area contributed by atoms with Crippen LogP contribution in [0.1, 0.15) is 15.2 Å². The molecule has 4 rings (SSSR count). The number of fused-ring (bicyclic) bond motifs is 2. The first-order valence-corrected chi connectivity index (χ1v) is 9.26. The van der Waals surface area contributed by atoms with E-state index in [1.165, 1.54) is 35.8 Å². The van der Waals surface area contributed by atoms with Crippen LogP contribution in [-0.4, -0.2) is 27.3 Å². The number of nitrogens with one attached hydrogen (secondary N) is 1. The number of pyridine rings is 1. The van der Waals surface area contributed by atoms with Crippen LogP contribution in [0.3, 0.4) is 0 Å². The zero-order valence-electron chi connectivity index (χ0n) is 15.3. The number of benzene rings is 1. The SMILES string of the molecule is COc1ccc(NC(=O)c2cc3c(=O)n4cccc(C)c4nc3s2)c([N+](=O)[O-])c1. The van der Waals surface area contributed by atoms with Crippen molar-refractivity contribution in [3.05, 3.63) is 73.5 Å². The van der Waals surface area contributed by atoms with Gasteiger partial charge in [0.25, 0.3) is 17.2 Å². The maximum absolute atomic E-state index is 12.7. The molecule has 0 aliphatic rings. The lowest BCUT2D eigenvalue weighted by Crippen LogP contribution is -2.14. The molecule has 0 saturated heterocycles. The van der Waals surface area contributed by atoms with Crippen molar-refractivity contribution in [2.24, 2.45) is 0 Å². The summed E-state index contributed by atoms with van der Waals surface area (Å²) in [4.78, 5) is 41.3. The lowest BCUT2D eigenvalue weighted by atomic mass is 10.2. The topological polar surface area (TPSA) is 116 Å². The van der Waals surface area contributed by atoms with Crippen LogP contribution < -0.4 is 15.6 Å². The molecule has 0 saturated carbocycles. The van der Waals surface area contributed by atoms with Crippen molar-refractivity contribution in [3.8, 4) is 5.75 Å². The summed E-state index contributed by atoms with van der Waals surface area (Å²) < 4.78 is 6.42. The van der Waals surface area contributed by atoms with E-state index in [4.69, 9.17) is 4.74 Å². The smallest absolute Gasteiger partial charge is 0.296 e. The molecule has 0 spiro atoms. The Morgan fingerprint density at radius 3 is 2.83 bits per heavy atom. The van der Waals surface area contributed by atoms with E-state index in [1.807, 2.05) is 13.0 Å². The molecule has 0 bridgehead atoms. The zero-order chi connectivity index (χ0) is 20.7. The number of hydrogen-bond acceptors (Lipinski definition) is 7. The summed E-state index contributed by atoms with van der Waals surface area (Å²) in [7, 11) is 1.39. The van der Waals surface area contributed by atoms with Crippen LogP contribution in [0.2, 0.25) is 0 Å². The van der Waals surface area contributed by atoms with Crippen LogP contribution >= 0.6 is 11.3 Å². The molecular formula is C19H14N4O5S. The standard InChI is InChI=1S/C19H14N4O5S/c1-10-4-3-7-22-16(10)21-18-12(19(22)25)9-15(29-18)17(24)20-13-6-5-11(28-2)8-14(13)23(26)27/h3-9H,1-2H3,(H,20,24). The second-order valence-corrected chi connectivity index (χ2v) is 7.26. The molecule has 3 heterocycles. The Morgan fingerprint density at radius 2 is 2.10 bits per heavy atom. The lowest BCUT2D eigenvalue weighted by molar-refractivity contribution is -0.384. The van der Waals surface area contributed by atoms with Crippen molar-refractivity contribution >= 4 is 44.5 Å². The Kier molecular flexibility index (Phi) is 4.47. The largest absolute Gasteiger partial charge is 0.496 e. The number of amides is 1. The van der Waals surface area contributed by atoms with Gasteiger partial charge in [-0.1, -0.05) is 6.07 Å². The first-order chi connectivity index (χ1) is 13.9. The molecule has 3 aromatic heterocycles. The Morgan fingerprint density at radius 1 is 1.31 bits per heavy atom. The van der Waals surface area contributed by atoms with Crippen molar-refractivity contribution in [1.82, 2.24) is 9.38 Å². The molecule has 1 aromatic carbocycles. The summed E-state index contributed by atoms with van der Waals surface area (Å²) in [6.45, 7) is 1.84. The fourth-order valence-corrected chi connectivity index (χ4v) is 3.87. The van der Waals surface area contributed by atoms with E-state index in [-0.39, 0.29) is 21.8 Å². The van der Waals surface area contributed by atoms with Gasteiger partial charge in [-0.05, 0) is 36.8 Å². The minimum absolute atomic E-state index is 0.0314. The van der Waals surface area contributed by atoms with Crippen LogP contribution in [0.4, 0.5) is 11.4 Å². The quantitative estimate of drug-likeness (QED) is 0.407. The van der Waals surface area contributed by atoms with Crippen LogP contribution in [-0.2, 0) is 0 Å². The molecular weight excluding hydrogens is 396 g/mol. The summed E-state index contributed by atoms with van der Waals surface area (Å²) in [5, 5.41) is 14.1. The number of hydrogen-bond donors (Lipinski definition) is 1. The number of thiophene rings is 1. The molecule has 146 valence electrons. The molecule has 0 aliphatic carbocycles. The fraction of sp³-hybridized carbons (Fsp3) is 0.105. The van der Waals surface area contributed by atoms with Crippen molar-refractivity contribution < 1.29 is 14.5 Å². The number of ether oxygens (including phenoxy) is 1. The second kappa shape index (κ2) is 6.99. The van der Waals surface area contributed by atoms with Gasteiger partial charge >= 0.3 is 0 Å². The first-order valence-electron chi connectivity index (χ1n) is 8.44. The first kappa shape index (κ1) is 18.6. The number of rotatable bonds is 4. The number of aryl methyl sites for hydroxylation is 1. The number of methoxy groups -OCH3 is 1. The van der Waals surface area contributed by atoms with E-state index in [2.05, 4.69) is 10.3 Å². The average molecular weight is 410 g/mol. The number of anilines is 1. The molecule has 0 fully saturated rings. The third-order valence-corrected chi connectivity index (χ3v) is 5.43. The number of nitro groups is 1. The van der Waals surface area contributed by atoms with Gasteiger partial charge in [0, 0.05) is 6.20 Å². The lowest BCUT2D eigenvalue weighted by Gasteiger charge is -2.06. The summed E-state index contributed by atoms with van der Waals surface area (Å²) in [6, 6.07) is 9.18. The van der Waals surface area contributed by atoms with Gasteiger partial charge in [0.15, 0.2) is 0 Å². The predicted molar refractivity (Wildman–Crippen MR) is 109 cm³/mol. The molecule has 1 amide bonds. The van der Waals surface area contributed by atoms with E-state index in [9.17, 15) is 19.7 Å². The van der Waals surface area contributed by atoms with E-state index >= 15 is 0 Å². The monoisotopic (exact) mass is 410 g/mol. The third kappa shape index (κ3) is 3.19. The maximum atomic E-state index is 12.7. The van der Waals surface area contributed by atoms with Crippen LogP contribution in [0, 0.1) is 17.0 Å². The highest BCUT2D eigenvalue weighted by Gasteiger charge is 2.20. The Labute approximate surface area is 167 Å². The Bertz CT molecular complexity index is 1360. The fourth-order valence-electron chi connectivity index (χ4n) is 2.95. The van der Waals surface area contributed by atoms with E-state index in [0.717, 1.165) is 16.9 Å². The van der Waals surface area contributed by atoms with Gasteiger partial charge in [0.1, 0.15) is 21.9 Å². The van der Waals surface area contributed by atoms with Crippen molar-refractivity contribution in [1.29, 1.82) is 0 Å². The normalized spacial score (nSPS) is 11.0. The van der Waals surface area contributed by atoms with Gasteiger partial charge < -0.3 is 10.1 Å². The Balaban J connectivity index is 1.76. The van der Waals surface area contributed by atoms with Gasteiger partial charge in [-0.25, -0.2) is 4.98 Å². The van der Waals surface area contributed by atoms with Crippen LogP contribution in [0.5, 0.6) is 5.75 Å². The molecule has 10 heteroatoms. The highest BCUT2D eigenvalue weighted by Crippen LogP contribution is 2.30. The minimum atomic E-state index is -0.605. The maximum Gasteiger partial charge on any atom is 0.296 e. The number of nitrogens with zero attached hydrogens (tertiary/aromatic N) is 3. The third-order valence-electron chi connectivity index (χ3n) is 4.40. The van der Waals surface area contributed by atoms with E-state index < -0.39 is 10.8 Å². The van der Waals surface area contributed by atoms with E-state index in [0.29, 0.717) is 21.6 Å². The predicted octanol–water partition coefficient (Wildman–Crippen LogP) is 3.39. The molecule has 4 aromatic rings. The van der Waals surface area contributed by atoms with Gasteiger partial charge in [-0.15, -0.1) is 11.3 Å². The number of carbonyl (C=O) groups excluding carboxylic acids is 1. The van der Waals surface area contributed by atoms with Gasteiger partial charge in [0.05, 0.1) is 28.4 Å². The molecule has 0 aliphatic heterocycles. The highest BCUT2D eigenvalue weighted by atomic mass is 32.1. The van der Waals surface area contributed by atoms with Crippen molar-refractivity contribution in [2.45, 2.75) is 6.92 Å². The summed E-state index contributed by atoms with van der Waals surface area (Å²) in [5.74, 6) is -0.262. The molecule has 9 nitrogen and oxygen atoms in total. The second-order valence-electron chi connectivity index (χ2n) is 6.23. The number of nitro benzene ring substituents is 1. The molecule has 0 unspecified atom stereocenters. The summed E-state index contributed by atoms with van der Waals surface area (Å²) >= 11 is 1.05. The number of carbonyl (C=O) groups is 1. The summed E-state index contributed by atoms with van der Waals surface area (Å²) in [5.41, 5.74) is 0.811. The zero-order valence-corrected chi connectivity index (χ0v) is 16.1. The van der Waals surface area contributed by atoms with E-state index in [1.54, 1.807) is 12.3 Å². The van der Waals surface area contributed by atoms with Gasteiger partial charge in [-0.2, -0.15) is 0 Å². The van der Waals surface area contributed by atoms with Gasteiger partial charge in [0.2, 0.25) is 0 Å². The molecule has 0 radical (unpaired) electrons.